The maximum Gasteiger partial charge on any atom is 0.269 e. The Labute approximate surface area is 124 Å². The van der Waals surface area contributed by atoms with Gasteiger partial charge in [0.05, 0.1) is 11.4 Å². The predicted octanol–water partition coefficient (Wildman–Crippen LogP) is 2.95. The highest BCUT2D eigenvalue weighted by Crippen LogP contribution is 2.28. The van der Waals surface area contributed by atoms with Gasteiger partial charge < -0.3 is 11.1 Å². The molecule has 3 N–H and O–H groups in total. The summed E-state index contributed by atoms with van der Waals surface area (Å²) in [4.78, 5) is 12.5. The lowest BCUT2D eigenvalue weighted by atomic mass is 9.91. The molecule has 2 rings (SSSR count). The third-order valence-electron chi connectivity index (χ3n) is 2.73. The number of benzene rings is 1. The number of rotatable bonds is 2. The van der Waals surface area contributed by atoms with Gasteiger partial charge in [-0.2, -0.15) is 0 Å². The average molecular weight is 312 g/mol. The molecule has 0 saturated carbocycles. The molecule has 8 heteroatoms. The normalized spacial score (nSPS) is 11.5. The Morgan fingerprint density at radius 2 is 2.00 bits per heavy atom. The van der Waals surface area contributed by atoms with Crippen LogP contribution in [0.4, 0.5) is 20.2 Å². The van der Waals surface area contributed by atoms with E-state index in [4.69, 9.17) is 5.73 Å². The maximum absolute atomic E-state index is 13.7. The number of carbonyl (C=O) groups excluding carboxylic acids is 1. The van der Waals surface area contributed by atoms with Crippen molar-refractivity contribution < 1.29 is 13.6 Å². The van der Waals surface area contributed by atoms with E-state index >= 15 is 0 Å². The van der Waals surface area contributed by atoms with E-state index in [0.717, 1.165) is 17.6 Å². The van der Waals surface area contributed by atoms with Crippen LogP contribution in [0.3, 0.4) is 0 Å². The average Bonchev–Trinajstić information content (AvgIpc) is 2.82. The van der Waals surface area contributed by atoms with Crippen molar-refractivity contribution in [3.63, 3.8) is 0 Å². The fourth-order valence-electron chi connectivity index (χ4n) is 1.73. The quantitative estimate of drug-likeness (QED) is 0.835. The smallest absolute Gasteiger partial charge is 0.269 e. The van der Waals surface area contributed by atoms with Gasteiger partial charge in [0.15, 0.2) is 5.82 Å². The Bertz CT molecular complexity index is 671. The topological polar surface area (TPSA) is 80.9 Å². The van der Waals surface area contributed by atoms with Gasteiger partial charge in [-0.3, -0.25) is 4.79 Å². The molecule has 0 aliphatic carbocycles. The van der Waals surface area contributed by atoms with Gasteiger partial charge in [-0.1, -0.05) is 25.3 Å². The highest BCUT2D eigenvalue weighted by Gasteiger charge is 2.27. The molecule has 1 amide bonds. The van der Waals surface area contributed by atoms with E-state index in [2.05, 4.69) is 14.9 Å². The van der Waals surface area contributed by atoms with Crippen molar-refractivity contribution in [2.24, 2.45) is 0 Å². The number of nitrogen functional groups attached to an aromatic ring is 1. The number of anilines is 2. The van der Waals surface area contributed by atoms with Gasteiger partial charge in [-0.15, -0.1) is 5.10 Å². The Kier molecular flexibility index (Phi) is 3.91. The van der Waals surface area contributed by atoms with Crippen LogP contribution in [0.2, 0.25) is 0 Å². The molecule has 0 aliphatic heterocycles. The van der Waals surface area contributed by atoms with Gasteiger partial charge in [-0.25, -0.2) is 8.78 Å². The minimum atomic E-state index is -0.935. The first-order valence-electron chi connectivity index (χ1n) is 6.09. The van der Waals surface area contributed by atoms with Crippen molar-refractivity contribution in [3.05, 3.63) is 34.3 Å². The van der Waals surface area contributed by atoms with E-state index < -0.39 is 17.5 Å². The molecule has 0 fully saturated rings. The summed E-state index contributed by atoms with van der Waals surface area (Å²) >= 11 is 0.908. The first kappa shape index (κ1) is 15.3. The Morgan fingerprint density at radius 1 is 1.33 bits per heavy atom. The second kappa shape index (κ2) is 5.36. The molecule has 1 heterocycles. The largest absolute Gasteiger partial charge is 0.397 e. The van der Waals surface area contributed by atoms with Crippen LogP contribution < -0.4 is 11.1 Å². The highest BCUT2D eigenvalue weighted by atomic mass is 32.1. The van der Waals surface area contributed by atoms with Gasteiger partial charge in [0, 0.05) is 11.5 Å². The standard InChI is InChI=1S/C13H14F2N4OS/c1-13(2,3)11-10(21-19-18-11)12(20)17-9-7(15)4-6(14)5-8(9)16/h4-5H,16H2,1-3H3,(H,17,20). The Balaban J connectivity index is 2.34. The zero-order chi connectivity index (χ0) is 15.8. The summed E-state index contributed by atoms with van der Waals surface area (Å²) in [5.74, 6) is -2.32. The van der Waals surface area contributed by atoms with E-state index in [9.17, 15) is 13.6 Å². The molecule has 0 saturated heterocycles. The van der Waals surface area contributed by atoms with Crippen molar-refractivity contribution >= 4 is 28.8 Å². The SMILES string of the molecule is CC(C)(C)c1nnsc1C(=O)Nc1c(N)cc(F)cc1F. The molecule has 0 unspecified atom stereocenters. The van der Waals surface area contributed by atoms with E-state index in [0.29, 0.717) is 11.8 Å². The zero-order valence-electron chi connectivity index (χ0n) is 11.7. The maximum atomic E-state index is 13.7. The Morgan fingerprint density at radius 3 is 2.57 bits per heavy atom. The number of hydrogen-bond acceptors (Lipinski definition) is 5. The summed E-state index contributed by atoms with van der Waals surface area (Å²) in [5, 5.41) is 6.28. The number of nitrogens with two attached hydrogens (primary N) is 1. The summed E-state index contributed by atoms with van der Waals surface area (Å²) in [7, 11) is 0. The van der Waals surface area contributed by atoms with Crippen LogP contribution in [-0.2, 0) is 5.41 Å². The van der Waals surface area contributed by atoms with Crippen molar-refractivity contribution in [1.29, 1.82) is 0 Å². The molecule has 0 aliphatic rings. The summed E-state index contributed by atoms with van der Waals surface area (Å²) in [5.41, 5.74) is 5.21. The molecule has 0 bridgehead atoms. The second-order valence-corrected chi connectivity index (χ2v) is 6.26. The summed E-state index contributed by atoms with van der Waals surface area (Å²) < 4.78 is 30.4. The fourth-order valence-corrected chi connectivity index (χ4v) is 2.50. The van der Waals surface area contributed by atoms with Crippen LogP contribution >= 0.6 is 11.5 Å². The van der Waals surface area contributed by atoms with Crippen molar-refractivity contribution in [2.75, 3.05) is 11.1 Å². The van der Waals surface area contributed by atoms with Gasteiger partial charge in [0.25, 0.3) is 5.91 Å². The van der Waals surface area contributed by atoms with Crippen molar-refractivity contribution in [3.8, 4) is 0 Å². The van der Waals surface area contributed by atoms with E-state index in [1.165, 1.54) is 0 Å². The molecule has 1 aromatic heterocycles. The first-order chi connectivity index (χ1) is 9.70. The third kappa shape index (κ3) is 3.15. The van der Waals surface area contributed by atoms with Crippen molar-refractivity contribution in [2.45, 2.75) is 26.2 Å². The molecule has 0 radical (unpaired) electrons. The molecule has 5 nitrogen and oxygen atoms in total. The van der Waals surface area contributed by atoms with Crippen LogP contribution in [0.15, 0.2) is 12.1 Å². The van der Waals surface area contributed by atoms with Crippen LogP contribution in [0.5, 0.6) is 0 Å². The zero-order valence-corrected chi connectivity index (χ0v) is 12.5. The minimum Gasteiger partial charge on any atom is -0.397 e. The number of nitrogens with zero attached hydrogens (tertiary/aromatic N) is 2. The van der Waals surface area contributed by atoms with Crippen LogP contribution in [0, 0.1) is 11.6 Å². The lowest BCUT2D eigenvalue weighted by Gasteiger charge is -2.16. The van der Waals surface area contributed by atoms with Crippen LogP contribution in [0.25, 0.3) is 0 Å². The predicted molar refractivity (Wildman–Crippen MR) is 77.3 cm³/mol. The lowest BCUT2D eigenvalue weighted by molar-refractivity contribution is 0.102. The fraction of sp³-hybridized carbons (Fsp3) is 0.308. The van der Waals surface area contributed by atoms with Gasteiger partial charge in [0.1, 0.15) is 16.4 Å². The molecule has 2 aromatic rings. The lowest BCUT2D eigenvalue weighted by Crippen LogP contribution is -2.20. The number of amides is 1. The first-order valence-corrected chi connectivity index (χ1v) is 6.86. The summed E-state index contributed by atoms with van der Waals surface area (Å²) in [6.45, 7) is 5.65. The van der Waals surface area contributed by atoms with Gasteiger partial charge in [-0.05, 0) is 17.6 Å². The number of carbonyl (C=O) groups is 1. The molecular weight excluding hydrogens is 298 g/mol. The van der Waals surface area contributed by atoms with Gasteiger partial charge in [0.2, 0.25) is 0 Å². The number of halogens is 2. The van der Waals surface area contributed by atoms with Crippen LogP contribution in [-0.4, -0.2) is 15.5 Å². The second-order valence-electron chi connectivity index (χ2n) is 5.51. The number of nitrogens with one attached hydrogen (secondary N) is 1. The van der Waals surface area contributed by atoms with Crippen molar-refractivity contribution in [1.82, 2.24) is 9.59 Å². The molecule has 1 aromatic carbocycles. The molecule has 112 valence electrons. The minimum absolute atomic E-state index is 0.185. The highest BCUT2D eigenvalue weighted by molar-refractivity contribution is 7.08. The van der Waals surface area contributed by atoms with E-state index in [1.54, 1.807) is 0 Å². The Hall–Kier alpha value is -2.09. The number of aromatic nitrogens is 2. The molecule has 21 heavy (non-hydrogen) atoms. The monoisotopic (exact) mass is 312 g/mol. The van der Waals surface area contributed by atoms with E-state index in [1.807, 2.05) is 20.8 Å². The van der Waals surface area contributed by atoms with Crippen LogP contribution in [0.1, 0.15) is 36.1 Å². The number of hydrogen-bond donors (Lipinski definition) is 2. The molecule has 0 atom stereocenters. The third-order valence-corrected chi connectivity index (χ3v) is 3.45. The summed E-state index contributed by atoms with van der Waals surface area (Å²) in [6, 6.07) is 1.59. The molecule has 0 spiro atoms. The van der Waals surface area contributed by atoms with E-state index in [-0.39, 0.29) is 21.7 Å². The molecular formula is C13H14F2N4OS. The van der Waals surface area contributed by atoms with Gasteiger partial charge >= 0.3 is 0 Å². The summed E-state index contributed by atoms with van der Waals surface area (Å²) in [6.07, 6.45) is 0.